The van der Waals surface area contributed by atoms with Gasteiger partial charge in [0.15, 0.2) is 0 Å². The zero-order chi connectivity index (χ0) is 14.5. The number of rotatable bonds is 7. The van der Waals surface area contributed by atoms with Crippen LogP contribution in [0.2, 0.25) is 0 Å². The first-order valence-electron chi connectivity index (χ1n) is 5.37. The van der Waals surface area contributed by atoms with Gasteiger partial charge in [0.1, 0.15) is 0 Å². The Balaban J connectivity index is 2.84. The molecule has 0 aliphatic carbocycles. The smallest absolute Gasteiger partial charge is 0.335 e. The molecular weight excluding hydrogens is 338 g/mol. The number of nitrogens with one attached hydrogen (secondary N) is 1. The van der Waals surface area contributed by atoms with E-state index in [0.29, 0.717) is 17.5 Å². The first-order valence-corrected chi connectivity index (χ1v) is 7.82. The van der Waals surface area contributed by atoms with Gasteiger partial charge >= 0.3 is 5.97 Å². The molecule has 0 fully saturated rings. The monoisotopic (exact) mass is 351 g/mol. The summed E-state index contributed by atoms with van der Waals surface area (Å²) in [6.07, 6.45) is 0.367. The average Bonchev–Trinajstić information content (AvgIpc) is 2.27. The fourth-order valence-electron chi connectivity index (χ4n) is 1.40. The molecule has 0 aromatic heterocycles. The van der Waals surface area contributed by atoms with Crippen LogP contribution in [0.15, 0.2) is 22.7 Å². The molecular formula is C11H14BrNO5S. The summed E-state index contributed by atoms with van der Waals surface area (Å²) in [4.78, 5) is 10.9. The number of ether oxygens (including phenoxy) is 1. The molecule has 0 atom stereocenters. The Kier molecular flexibility index (Phi) is 5.77. The van der Waals surface area contributed by atoms with E-state index < -0.39 is 16.0 Å². The Labute approximate surface area is 120 Å². The van der Waals surface area contributed by atoms with Gasteiger partial charge in [0.05, 0.1) is 17.0 Å². The number of halogens is 1. The molecule has 0 unspecified atom stereocenters. The Hall–Kier alpha value is -1.12. The van der Waals surface area contributed by atoms with E-state index in [0.717, 1.165) is 0 Å². The molecule has 0 aliphatic rings. The highest BCUT2D eigenvalue weighted by atomic mass is 79.9. The van der Waals surface area contributed by atoms with Crippen molar-refractivity contribution in [3.8, 4) is 0 Å². The zero-order valence-corrected chi connectivity index (χ0v) is 12.6. The number of aromatic carboxylic acids is 1. The zero-order valence-electron chi connectivity index (χ0n) is 10.2. The quantitative estimate of drug-likeness (QED) is 0.732. The average molecular weight is 352 g/mol. The highest BCUT2D eigenvalue weighted by molar-refractivity contribution is 9.10. The summed E-state index contributed by atoms with van der Waals surface area (Å²) in [7, 11) is -2.02. The molecule has 0 bridgehead atoms. The lowest BCUT2D eigenvalue weighted by Gasteiger charge is -2.09. The number of carboxylic acid groups (broad SMARTS) is 1. The first kappa shape index (κ1) is 15.9. The van der Waals surface area contributed by atoms with Crippen molar-refractivity contribution in [1.82, 2.24) is 0 Å². The van der Waals surface area contributed by atoms with Crippen LogP contribution in [0.4, 0.5) is 5.69 Å². The fraction of sp³-hybridized carbons (Fsp3) is 0.364. The maximum atomic E-state index is 11.7. The van der Waals surface area contributed by atoms with E-state index in [4.69, 9.17) is 9.84 Å². The van der Waals surface area contributed by atoms with Crippen molar-refractivity contribution in [2.24, 2.45) is 0 Å². The van der Waals surface area contributed by atoms with E-state index >= 15 is 0 Å². The molecule has 106 valence electrons. The molecule has 8 heteroatoms. The Morgan fingerprint density at radius 3 is 2.68 bits per heavy atom. The second kappa shape index (κ2) is 6.88. The van der Waals surface area contributed by atoms with Gasteiger partial charge in [-0.25, -0.2) is 13.2 Å². The summed E-state index contributed by atoms with van der Waals surface area (Å²) >= 11 is 3.13. The maximum absolute atomic E-state index is 11.7. The van der Waals surface area contributed by atoms with E-state index in [1.54, 1.807) is 0 Å². The van der Waals surface area contributed by atoms with Crippen LogP contribution in [0.1, 0.15) is 16.8 Å². The third-order valence-corrected chi connectivity index (χ3v) is 4.01. The van der Waals surface area contributed by atoms with E-state index in [-0.39, 0.29) is 17.0 Å². The predicted octanol–water partition coefficient (Wildman–Crippen LogP) is 1.93. The summed E-state index contributed by atoms with van der Waals surface area (Å²) in [6.45, 7) is 0.347. The molecule has 6 nitrogen and oxygen atoms in total. The molecule has 0 spiro atoms. The van der Waals surface area contributed by atoms with E-state index in [1.165, 1.54) is 25.3 Å². The van der Waals surface area contributed by atoms with Crippen LogP contribution in [-0.4, -0.2) is 39.0 Å². The normalized spacial score (nSPS) is 11.3. The number of carbonyl (C=O) groups is 1. The van der Waals surface area contributed by atoms with Gasteiger partial charge in [-0.2, -0.15) is 0 Å². The van der Waals surface area contributed by atoms with Crippen molar-refractivity contribution in [3.63, 3.8) is 0 Å². The lowest BCUT2D eigenvalue weighted by Crippen LogP contribution is -2.18. The Bertz CT molecular complexity index is 558. The van der Waals surface area contributed by atoms with Gasteiger partial charge in [-0.05, 0) is 24.6 Å². The van der Waals surface area contributed by atoms with Crippen molar-refractivity contribution < 1.29 is 23.1 Å². The van der Waals surface area contributed by atoms with Gasteiger partial charge in [0.25, 0.3) is 0 Å². The van der Waals surface area contributed by atoms with Crippen molar-refractivity contribution in [2.45, 2.75) is 6.42 Å². The van der Waals surface area contributed by atoms with Crippen LogP contribution in [0.25, 0.3) is 0 Å². The lowest BCUT2D eigenvalue weighted by atomic mass is 10.2. The van der Waals surface area contributed by atoms with Crippen LogP contribution in [0.5, 0.6) is 0 Å². The van der Waals surface area contributed by atoms with Gasteiger partial charge in [-0.1, -0.05) is 15.9 Å². The second-order valence-electron chi connectivity index (χ2n) is 3.80. The van der Waals surface area contributed by atoms with Gasteiger partial charge in [0.2, 0.25) is 10.0 Å². The van der Waals surface area contributed by atoms with E-state index in [9.17, 15) is 13.2 Å². The van der Waals surface area contributed by atoms with Gasteiger partial charge in [-0.3, -0.25) is 4.72 Å². The highest BCUT2D eigenvalue weighted by Crippen LogP contribution is 2.20. The Morgan fingerprint density at radius 2 is 2.11 bits per heavy atom. The first-order chi connectivity index (χ1) is 8.84. The summed E-state index contributed by atoms with van der Waals surface area (Å²) in [6, 6.07) is 4.16. The largest absolute Gasteiger partial charge is 0.478 e. The van der Waals surface area contributed by atoms with Gasteiger partial charge in [-0.15, -0.1) is 0 Å². The van der Waals surface area contributed by atoms with Crippen LogP contribution in [0, 0.1) is 0 Å². The van der Waals surface area contributed by atoms with Crippen molar-refractivity contribution in [1.29, 1.82) is 0 Å². The minimum absolute atomic E-state index is 0.00367. The third kappa shape index (κ3) is 5.58. The number of methoxy groups -OCH3 is 1. The predicted molar refractivity (Wildman–Crippen MR) is 75.0 cm³/mol. The van der Waals surface area contributed by atoms with Crippen LogP contribution in [-0.2, 0) is 14.8 Å². The molecule has 1 rings (SSSR count). The molecule has 0 heterocycles. The topological polar surface area (TPSA) is 92.7 Å². The fourth-order valence-corrected chi connectivity index (χ4v) is 2.97. The van der Waals surface area contributed by atoms with Crippen molar-refractivity contribution in [3.05, 3.63) is 28.2 Å². The lowest BCUT2D eigenvalue weighted by molar-refractivity contribution is 0.0697. The highest BCUT2D eigenvalue weighted by Gasteiger charge is 2.12. The number of benzene rings is 1. The summed E-state index contributed by atoms with van der Waals surface area (Å²) < 4.78 is 31.1. The van der Waals surface area contributed by atoms with Gasteiger partial charge < -0.3 is 9.84 Å². The second-order valence-corrected chi connectivity index (χ2v) is 6.56. The van der Waals surface area contributed by atoms with E-state index in [1.807, 2.05) is 0 Å². The minimum Gasteiger partial charge on any atom is -0.478 e. The molecule has 0 amide bonds. The molecule has 0 saturated heterocycles. The SMILES string of the molecule is COCCCS(=O)(=O)Nc1cc(Br)cc(C(=O)O)c1. The molecule has 0 saturated carbocycles. The van der Waals surface area contributed by atoms with Gasteiger partial charge in [0, 0.05) is 18.2 Å². The van der Waals surface area contributed by atoms with Crippen molar-refractivity contribution >= 4 is 37.6 Å². The molecule has 19 heavy (non-hydrogen) atoms. The van der Waals surface area contributed by atoms with Crippen LogP contribution >= 0.6 is 15.9 Å². The van der Waals surface area contributed by atoms with Crippen LogP contribution in [0.3, 0.4) is 0 Å². The third-order valence-electron chi connectivity index (χ3n) is 2.18. The Morgan fingerprint density at radius 1 is 1.42 bits per heavy atom. The number of sulfonamides is 1. The molecule has 1 aromatic rings. The molecule has 0 aliphatic heterocycles. The van der Waals surface area contributed by atoms with E-state index in [2.05, 4.69) is 20.7 Å². The molecule has 0 radical (unpaired) electrons. The summed E-state index contributed by atoms with van der Waals surface area (Å²) in [5, 5.41) is 8.89. The number of hydrogen-bond donors (Lipinski definition) is 2. The van der Waals surface area contributed by atoms with Crippen molar-refractivity contribution in [2.75, 3.05) is 24.2 Å². The maximum Gasteiger partial charge on any atom is 0.335 e. The number of anilines is 1. The minimum atomic E-state index is -3.51. The molecule has 1 aromatic carbocycles. The number of carboxylic acids is 1. The number of hydrogen-bond acceptors (Lipinski definition) is 4. The summed E-state index contributed by atoms with van der Waals surface area (Å²) in [5.41, 5.74) is 0.216. The van der Waals surface area contributed by atoms with Crippen LogP contribution < -0.4 is 4.72 Å². The standard InChI is InChI=1S/C11H14BrNO5S/c1-18-3-2-4-19(16,17)13-10-6-8(11(14)15)5-9(12)7-10/h5-7,13H,2-4H2,1H3,(H,14,15). The molecule has 2 N–H and O–H groups in total. The summed E-state index contributed by atoms with van der Waals surface area (Å²) in [5.74, 6) is -1.21.